The van der Waals surface area contributed by atoms with Crippen molar-refractivity contribution in [2.45, 2.75) is 18.3 Å². The van der Waals surface area contributed by atoms with Gasteiger partial charge in [0.25, 0.3) is 0 Å². The van der Waals surface area contributed by atoms with Gasteiger partial charge in [-0.3, -0.25) is 13.9 Å². The van der Waals surface area contributed by atoms with Gasteiger partial charge in [0.1, 0.15) is 6.54 Å². The Morgan fingerprint density at radius 2 is 1.83 bits per heavy atom. The number of aromatic nitrogens is 2. The maximum absolute atomic E-state index is 12.8. The summed E-state index contributed by atoms with van der Waals surface area (Å²) in [5, 5.41) is 0.530. The Morgan fingerprint density at radius 1 is 1.17 bits per heavy atom. The number of benzene rings is 1. The van der Waals surface area contributed by atoms with Gasteiger partial charge in [0, 0.05) is 30.6 Å². The van der Waals surface area contributed by atoms with Crippen molar-refractivity contribution in [3.63, 3.8) is 0 Å². The van der Waals surface area contributed by atoms with E-state index < -0.39 is 0 Å². The second-order valence-electron chi connectivity index (χ2n) is 5.92. The Bertz CT molecular complexity index is 787. The zero-order chi connectivity index (χ0) is 15.8. The van der Waals surface area contributed by atoms with Gasteiger partial charge in [0.2, 0.25) is 5.91 Å². The molecule has 0 saturated carbocycles. The van der Waals surface area contributed by atoms with Crippen molar-refractivity contribution in [3.8, 4) is 0 Å². The Balaban J connectivity index is 1.67. The van der Waals surface area contributed by atoms with Crippen LogP contribution >= 0.6 is 11.8 Å². The fourth-order valence-electron chi connectivity index (χ4n) is 3.03. The summed E-state index contributed by atoms with van der Waals surface area (Å²) in [7, 11) is 0. The number of carbonyl (C=O) groups is 1. The fourth-order valence-corrected chi connectivity index (χ4v) is 3.52. The number of fused-ring (bicyclic) bond motifs is 1. The molecule has 0 spiro atoms. The topological polar surface area (TPSA) is 56.5 Å². The molecule has 4 rings (SSSR count). The summed E-state index contributed by atoms with van der Waals surface area (Å²) >= 11 is 1.87. The van der Waals surface area contributed by atoms with Crippen LogP contribution in [-0.4, -0.2) is 57.2 Å². The molecule has 1 amide bonds. The van der Waals surface area contributed by atoms with Crippen LogP contribution in [0.2, 0.25) is 0 Å². The molecule has 6 nitrogen and oxygen atoms in total. The first kappa shape index (κ1) is 14.8. The lowest BCUT2D eigenvalue weighted by molar-refractivity contribution is -0.135. The normalized spacial score (nSPS) is 20.9. The maximum Gasteiger partial charge on any atom is 0.329 e. The summed E-state index contributed by atoms with van der Waals surface area (Å²) in [6.45, 7) is 3.17. The van der Waals surface area contributed by atoms with Crippen LogP contribution in [0.3, 0.4) is 0 Å². The number of imidazole rings is 1. The van der Waals surface area contributed by atoms with Crippen LogP contribution < -0.4 is 5.69 Å². The molecule has 0 unspecified atom stereocenters. The van der Waals surface area contributed by atoms with Gasteiger partial charge >= 0.3 is 5.69 Å². The summed E-state index contributed by atoms with van der Waals surface area (Å²) in [6, 6.07) is 7.72. The van der Waals surface area contributed by atoms with E-state index in [0.29, 0.717) is 31.6 Å². The Labute approximate surface area is 138 Å². The Morgan fingerprint density at radius 3 is 2.48 bits per heavy atom. The second-order valence-corrected chi connectivity index (χ2v) is 7.25. The first-order valence-corrected chi connectivity index (χ1v) is 8.94. The molecule has 2 saturated heterocycles. The molecule has 2 aliphatic heterocycles. The SMILES string of the molecule is O=C(Cn1c(=O)n(C[C@H]2CS2)c2ccccc21)N1CCOCC1. The summed E-state index contributed by atoms with van der Waals surface area (Å²) in [5.74, 6) is 1.10. The number of hydrogen-bond donors (Lipinski definition) is 0. The highest BCUT2D eigenvalue weighted by molar-refractivity contribution is 8.06. The number of rotatable bonds is 4. The van der Waals surface area contributed by atoms with E-state index in [4.69, 9.17) is 4.74 Å². The highest BCUT2D eigenvalue weighted by Crippen LogP contribution is 2.31. The molecule has 0 N–H and O–H groups in total. The summed E-state index contributed by atoms with van der Waals surface area (Å²) in [6.07, 6.45) is 0. The van der Waals surface area contributed by atoms with Crippen molar-refractivity contribution in [1.29, 1.82) is 0 Å². The molecule has 122 valence electrons. The number of thioether (sulfide) groups is 1. The van der Waals surface area contributed by atoms with Gasteiger partial charge in [-0.1, -0.05) is 12.1 Å². The lowest BCUT2D eigenvalue weighted by Crippen LogP contribution is -2.43. The monoisotopic (exact) mass is 333 g/mol. The minimum Gasteiger partial charge on any atom is -0.378 e. The van der Waals surface area contributed by atoms with Crippen LogP contribution in [0.5, 0.6) is 0 Å². The molecule has 2 fully saturated rings. The first-order valence-electron chi connectivity index (χ1n) is 7.89. The average molecular weight is 333 g/mol. The lowest BCUT2D eigenvalue weighted by atomic mass is 10.3. The molecular weight excluding hydrogens is 314 g/mol. The molecule has 3 heterocycles. The van der Waals surface area contributed by atoms with E-state index in [2.05, 4.69) is 0 Å². The fraction of sp³-hybridized carbons (Fsp3) is 0.500. The number of morpholine rings is 1. The molecule has 1 atom stereocenters. The van der Waals surface area contributed by atoms with Crippen molar-refractivity contribution in [2.24, 2.45) is 0 Å². The molecule has 1 aromatic carbocycles. The second kappa shape index (κ2) is 6.05. The van der Waals surface area contributed by atoms with Crippen molar-refractivity contribution in [3.05, 3.63) is 34.7 Å². The highest BCUT2D eigenvalue weighted by Gasteiger charge is 2.26. The van der Waals surface area contributed by atoms with Crippen molar-refractivity contribution >= 4 is 28.7 Å². The smallest absolute Gasteiger partial charge is 0.329 e. The van der Waals surface area contributed by atoms with Crippen LogP contribution in [-0.2, 0) is 22.6 Å². The standard InChI is InChI=1S/C16H19N3O3S/c20-15(17-5-7-22-8-6-17)10-19-14-4-2-1-3-13(14)18(16(19)21)9-12-11-23-12/h1-4,12H,5-11H2/t12-/m0/s1. The molecule has 2 aromatic rings. The lowest BCUT2D eigenvalue weighted by Gasteiger charge is -2.26. The van der Waals surface area contributed by atoms with E-state index in [0.717, 1.165) is 23.3 Å². The number of ether oxygens (including phenoxy) is 1. The van der Waals surface area contributed by atoms with Crippen molar-refractivity contribution in [2.75, 3.05) is 32.1 Å². The number of amides is 1. The number of carbonyl (C=O) groups excluding carboxylic acids is 1. The van der Waals surface area contributed by atoms with E-state index >= 15 is 0 Å². The van der Waals surface area contributed by atoms with Crippen molar-refractivity contribution < 1.29 is 9.53 Å². The largest absolute Gasteiger partial charge is 0.378 e. The third kappa shape index (κ3) is 2.90. The van der Waals surface area contributed by atoms with Crippen LogP contribution in [0, 0.1) is 0 Å². The van der Waals surface area contributed by atoms with Gasteiger partial charge < -0.3 is 9.64 Å². The minimum atomic E-state index is -0.0830. The average Bonchev–Trinajstić information content (AvgIpc) is 3.38. The van der Waals surface area contributed by atoms with Crippen LogP contribution in [0.15, 0.2) is 29.1 Å². The van der Waals surface area contributed by atoms with Gasteiger partial charge in [-0.2, -0.15) is 11.8 Å². The van der Waals surface area contributed by atoms with E-state index in [1.165, 1.54) is 0 Å². The molecule has 2 aliphatic rings. The van der Waals surface area contributed by atoms with Crippen molar-refractivity contribution in [1.82, 2.24) is 14.0 Å². The van der Waals surface area contributed by atoms with Gasteiger partial charge in [-0.25, -0.2) is 4.79 Å². The van der Waals surface area contributed by atoms with Gasteiger partial charge in [-0.15, -0.1) is 0 Å². The van der Waals surface area contributed by atoms with E-state index in [1.54, 1.807) is 9.47 Å². The Hall–Kier alpha value is -1.73. The summed E-state index contributed by atoms with van der Waals surface area (Å²) in [4.78, 5) is 27.1. The van der Waals surface area contributed by atoms with Gasteiger partial charge in [-0.05, 0) is 12.1 Å². The quantitative estimate of drug-likeness (QED) is 0.776. The number of para-hydroxylation sites is 2. The minimum absolute atomic E-state index is 0.0147. The molecule has 7 heteroatoms. The number of nitrogens with zero attached hydrogens (tertiary/aromatic N) is 3. The van der Waals surface area contributed by atoms with Crippen LogP contribution in [0.1, 0.15) is 0 Å². The summed E-state index contributed by atoms with van der Waals surface area (Å²) in [5.41, 5.74) is 1.67. The van der Waals surface area contributed by atoms with Gasteiger partial charge in [0.05, 0.1) is 24.2 Å². The summed E-state index contributed by atoms with van der Waals surface area (Å²) < 4.78 is 8.70. The van der Waals surface area contributed by atoms with E-state index in [1.807, 2.05) is 40.6 Å². The predicted molar refractivity (Wildman–Crippen MR) is 89.8 cm³/mol. The van der Waals surface area contributed by atoms with Crippen LogP contribution in [0.25, 0.3) is 11.0 Å². The van der Waals surface area contributed by atoms with E-state index in [-0.39, 0.29) is 18.1 Å². The molecule has 0 aliphatic carbocycles. The number of hydrogen-bond acceptors (Lipinski definition) is 4. The predicted octanol–water partition coefficient (Wildman–Crippen LogP) is 0.777. The maximum atomic E-state index is 12.8. The molecule has 23 heavy (non-hydrogen) atoms. The molecule has 0 radical (unpaired) electrons. The third-order valence-corrected chi connectivity index (χ3v) is 5.32. The van der Waals surface area contributed by atoms with Crippen LogP contribution in [0.4, 0.5) is 0 Å². The Kier molecular flexibility index (Phi) is 3.90. The third-order valence-electron chi connectivity index (χ3n) is 4.37. The first-order chi connectivity index (χ1) is 11.2. The zero-order valence-corrected chi connectivity index (χ0v) is 13.6. The zero-order valence-electron chi connectivity index (χ0n) is 12.8. The molecular formula is C16H19N3O3S. The molecule has 0 bridgehead atoms. The highest BCUT2D eigenvalue weighted by atomic mass is 32.2. The molecule has 1 aromatic heterocycles. The van der Waals surface area contributed by atoms with Gasteiger partial charge in [0.15, 0.2) is 0 Å². The van der Waals surface area contributed by atoms with E-state index in [9.17, 15) is 9.59 Å².